The molecule has 4 heteroatoms. The van der Waals surface area contributed by atoms with Crippen LogP contribution in [0.15, 0.2) is 42.5 Å². The van der Waals surface area contributed by atoms with E-state index in [2.05, 4.69) is 47.1 Å². The molecule has 1 N–H and O–H groups in total. The van der Waals surface area contributed by atoms with Gasteiger partial charge in [0.1, 0.15) is 11.6 Å². The first kappa shape index (κ1) is 17.1. The molecule has 1 saturated heterocycles. The van der Waals surface area contributed by atoms with Crippen LogP contribution in [0.25, 0.3) is 11.0 Å². The summed E-state index contributed by atoms with van der Waals surface area (Å²) in [6, 6.07) is 15.0. The van der Waals surface area contributed by atoms with E-state index in [0.717, 1.165) is 49.1 Å². The van der Waals surface area contributed by atoms with Gasteiger partial charge in [-0.2, -0.15) is 0 Å². The predicted molar refractivity (Wildman–Crippen MR) is 106 cm³/mol. The molecule has 0 radical (unpaired) electrons. The van der Waals surface area contributed by atoms with Gasteiger partial charge >= 0.3 is 0 Å². The van der Waals surface area contributed by atoms with Gasteiger partial charge in [0, 0.05) is 13.0 Å². The molecule has 1 fully saturated rings. The molecule has 1 aliphatic rings. The smallest absolute Gasteiger partial charge is 0.118 e. The average Bonchev–Trinajstić information content (AvgIpc) is 2.99. The van der Waals surface area contributed by atoms with Crippen LogP contribution in [0, 0.1) is 12.8 Å². The Balaban J connectivity index is 1.67. The fourth-order valence-electron chi connectivity index (χ4n) is 3.88. The molecule has 4 nitrogen and oxygen atoms in total. The molecule has 1 aliphatic heterocycles. The van der Waals surface area contributed by atoms with Crippen LogP contribution in [-0.4, -0.2) is 29.8 Å². The third kappa shape index (κ3) is 3.61. The number of aromatic nitrogens is 2. The zero-order chi connectivity index (χ0) is 17.9. The third-order valence-electron chi connectivity index (χ3n) is 5.40. The second kappa shape index (κ2) is 7.50. The van der Waals surface area contributed by atoms with E-state index in [1.165, 1.54) is 29.5 Å². The first-order valence-electron chi connectivity index (χ1n) is 9.52. The van der Waals surface area contributed by atoms with Crippen LogP contribution in [0.1, 0.15) is 29.8 Å². The summed E-state index contributed by atoms with van der Waals surface area (Å²) in [5.74, 6) is 2.78. The van der Waals surface area contributed by atoms with Gasteiger partial charge in [-0.3, -0.25) is 0 Å². The van der Waals surface area contributed by atoms with Crippen LogP contribution < -0.4 is 10.1 Å². The summed E-state index contributed by atoms with van der Waals surface area (Å²) >= 11 is 0. The van der Waals surface area contributed by atoms with Crippen molar-refractivity contribution in [2.24, 2.45) is 5.92 Å². The number of aryl methyl sites for hydroxylation is 1. The van der Waals surface area contributed by atoms with E-state index in [1.807, 2.05) is 12.1 Å². The van der Waals surface area contributed by atoms with Crippen LogP contribution >= 0.6 is 0 Å². The molecule has 2 heterocycles. The van der Waals surface area contributed by atoms with Crippen LogP contribution in [-0.2, 0) is 13.0 Å². The van der Waals surface area contributed by atoms with E-state index < -0.39 is 0 Å². The van der Waals surface area contributed by atoms with Crippen molar-refractivity contribution >= 4 is 11.0 Å². The quantitative estimate of drug-likeness (QED) is 0.758. The molecule has 0 unspecified atom stereocenters. The Hall–Kier alpha value is -2.33. The molecule has 0 atom stereocenters. The molecule has 0 amide bonds. The molecular formula is C22H27N3O. The zero-order valence-electron chi connectivity index (χ0n) is 15.7. The molecule has 0 bridgehead atoms. The van der Waals surface area contributed by atoms with Gasteiger partial charge in [-0.1, -0.05) is 18.2 Å². The van der Waals surface area contributed by atoms with Gasteiger partial charge in [0.25, 0.3) is 0 Å². The lowest BCUT2D eigenvalue weighted by atomic mass is 9.98. The summed E-state index contributed by atoms with van der Waals surface area (Å²) in [6.07, 6.45) is 3.34. The van der Waals surface area contributed by atoms with Gasteiger partial charge in [-0.05, 0) is 74.2 Å². The second-order valence-corrected chi connectivity index (χ2v) is 7.35. The Morgan fingerprint density at radius 3 is 2.62 bits per heavy atom. The molecule has 3 aromatic rings. The van der Waals surface area contributed by atoms with E-state index in [4.69, 9.17) is 9.72 Å². The fraction of sp³-hybridized carbons (Fsp3) is 0.409. The predicted octanol–water partition coefficient (Wildman–Crippen LogP) is 3.94. The summed E-state index contributed by atoms with van der Waals surface area (Å²) in [5, 5.41) is 3.47. The monoisotopic (exact) mass is 349 g/mol. The van der Waals surface area contributed by atoms with Crippen molar-refractivity contribution in [3.8, 4) is 5.75 Å². The Bertz CT molecular complexity index is 876. The lowest BCUT2D eigenvalue weighted by molar-refractivity contribution is 0.333. The first-order valence-corrected chi connectivity index (χ1v) is 9.52. The van der Waals surface area contributed by atoms with Crippen molar-refractivity contribution in [3.63, 3.8) is 0 Å². The Morgan fingerprint density at radius 1 is 1.12 bits per heavy atom. The average molecular weight is 349 g/mol. The van der Waals surface area contributed by atoms with Crippen molar-refractivity contribution in [1.82, 2.24) is 14.9 Å². The number of methoxy groups -OCH3 is 1. The molecular weight excluding hydrogens is 322 g/mol. The minimum absolute atomic E-state index is 0.726. The lowest BCUT2D eigenvalue weighted by Gasteiger charge is -2.24. The molecule has 0 spiro atoms. The Labute approximate surface area is 155 Å². The van der Waals surface area contributed by atoms with Crippen molar-refractivity contribution in [3.05, 3.63) is 59.4 Å². The topological polar surface area (TPSA) is 39.1 Å². The number of nitrogens with zero attached hydrogens (tertiary/aromatic N) is 2. The maximum absolute atomic E-state index is 5.28. The third-order valence-corrected chi connectivity index (χ3v) is 5.40. The van der Waals surface area contributed by atoms with Crippen molar-refractivity contribution in [2.45, 2.75) is 32.7 Å². The summed E-state index contributed by atoms with van der Waals surface area (Å²) in [4.78, 5) is 4.99. The number of nitrogens with one attached hydrogen (secondary N) is 1. The Morgan fingerprint density at radius 2 is 1.88 bits per heavy atom. The van der Waals surface area contributed by atoms with Gasteiger partial charge in [-0.25, -0.2) is 4.98 Å². The maximum atomic E-state index is 5.28. The SMILES string of the molecule is COc1ccc(Cc2nc3cc(C)ccc3n2CC2CCNCC2)cc1. The van der Waals surface area contributed by atoms with Crippen LogP contribution in [0.3, 0.4) is 0 Å². The Kier molecular flexibility index (Phi) is 4.93. The van der Waals surface area contributed by atoms with Crippen LogP contribution in [0.2, 0.25) is 0 Å². The van der Waals surface area contributed by atoms with Crippen LogP contribution in [0.4, 0.5) is 0 Å². The number of benzene rings is 2. The van der Waals surface area contributed by atoms with Gasteiger partial charge < -0.3 is 14.6 Å². The highest BCUT2D eigenvalue weighted by atomic mass is 16.5. The number of fused-ring (bicyclic) bond motifs is 1. The molecule has 136 valence electrons. The van der Waals surface area contributed by atoms with Gasteiger partial charge in [0.2, 0.25) is 0 Å². The number of hydrogen-bond donors (Lipinski definition) is 1. The molecule has 0 aliphatic carbocycles. The number of ether oxygens (including phenoxy) is 1. The summed E-state index contributed by atoms with van der Waals surface area (Å²) in [5.41, 5.74) is 4.91. The van der Waals surface area contributed by atoms with E-state index in [0.29, 0.717) is 0 Å². The molecule has 4 rings (SSSR count). The normalized spacial score (nSPS) is 15.5. The van der Waals surface area contributed by atoms with Gasteiger partial charge in [0.05, 0.1) is 18.1 Å². The lowest BCUT2D eigenvalue weighted by Crippen LogP contribution is -2.30. The standard InChI is InChI=1S/C22H27N3O/c1-16-3-8-21-20(13-16)24-22(14-17-4-6-19(26-2)7-5-17)25(21)15-18-9-11-23-12-10-18/h3-8,13,18,23H,9-12,14-15H2,1-2H3. The highest BCUT2D eigenvalue weighted by Gasteiger charge is 2.18. The molecule has 0 saturated carbocycles. The van der Waals surface area contributed by atoms with Crippen molar-refractivity contribution in [2.75, 3.05) is 20.2 Å². The van der Waals surface area contributed by atoms with Crippen LogP contribution in [0.5, 0.6) is 5.75 Å². The largest absolute Gasteiger partial charge is 0.497 e. The first-order chi connectivity index (χ1) is 12.7. The van der Waals surface area contributed by atoms with E-state index in [1.54, 1.807) is 7.11 Å². The highest BCUT2D eigenvalue weighted by Crippen LogP contribution is 2.24. The fourth-order valence-corrected chi connectivity index (χ4v) is 3.88. The number of rotatable bonds is 5. The molecule has 1 aromatic heterocycles. The van der Waals surface area contributed by atoms with E-state index in [-0.39, 0.29) is 0 Å². The zero-order valence-corrected chi connectivity index (χ0v) is 15.7. The summed E-state index contributed by atoms with van der Waals surface area (Å²) in [6.45, 7) is 5.45. The molecule has 2 aromatic carbocycles. The van der Waals surface area contributed by atoms with Gasteiger partial charge in [0.15, 0.2) is 0 Å². The second-order valence-electron chi connectivity index (χ2n) is 7.35. The van der Waals surface area contributed by atoms with E-state index in [9.17, 15) is 0 Å². The summed E-state index contributed by atoms with van der Waals surface area (Å²) in [7, 11) is 1.70. The number of hydrogen-bond acceptors (Lipinski definition) is 3. The maximum Gasteiger partial charge on any atom is 0.118 e. The number of piperidine rings is 1. The highest BCUT2D eigenvalue weighted by molar-refractivity contribution is 5.77. The molecule has 26 heavy (non-hydrogen) atoms. The minimum atomic E-state index is 0.726. The minimum Gasteiger partial charge on any atom is -0.497 e. The number of imidazole rings is 1. The summed E-state index contributed by atoms with van der Waals surface area (Å²) < 4.78 is 7.73. The van der Waals surface area contributed by atoms with E-state index >= 15 is 0 Å². The van der Waals surface area contributed by atoms with Gasteiger partial charge in [-0.15, -0.1) is 0 Å². The van der Waals surface area contributed by atoms with Crippen molar-refractivity contribution < 1.29 is 4.74 Å². The van der Waals surface area contributed by atoms with Crippen molar-refractivity contribution in [1.29, 1.82) is 0 Å².